The smallest absolute Gasteiger partial charge is 0.263 e. The molecule has 2 aromatic heterocycles. The monoisotopic (exact) mass is 418 g/mol. The maximum Gasteiger partial charge on any atom is 0.266 e. The van der Waals surface area contributed by atoms with Crippen molar-refractivity contribution < 1.29 is 8.42 Å². The lowest BCUT2D eigenvalue weighted by Gasteiger charge is -2.15. The molecule has 2 heterocycles. The largest absolute Gasteiger partial charge is 0.266 e. The molecule has 0 aliphatic heterocycles. The van der Waals surface area contributed by atoms with Gasteiger partial charge in [0.1, 0.15) is 15.9 Å². The van der Waals surface area contributed by atoms with Gasteiger partial charge in [0, 0.05) is 12.3 Å². The molecule has 148 valence electrons. The Balaban J connectivity index is 2.06. The Morgan fingerprint density at radius 2 is 1.82 bits per heavy atom. The summed E-state index contributed by atoms with van der Waals surface area (Å²) in [6.45, 7) is 8.09. The molecule has 1 aromatic carbocycles. The zero-order chi connectivity index (χ0) is 20.5. The fourth-order valence-corrected chi connectivity index (χ4v) is 4.36. The molecule has 0 spiro atoms. The second-order valence-corrected chi connectivity index (χ2v) is 9.92. The Morgan fingerprint density at radius 3 is 2.46 bits per heavy atom. The van der Waals surface area contributed by atoms with Crippen molar-refractivity contribution in [1.82, 2.24) is 14.8 Å². The normalized spacial score (nSPS) is 12.2. The summed E-state index contributed by atoms with van der Waals surface area (Å²) in [4.78, 5) is 3.88. The fourth-order valence-electron chi connectivity index (χ4n) is 2.81. The first-order valence-corrected chi connectivity index (χ1v) is 10.7. The summed E-state index contributed by atoms with van der Waals surface area (Å²) in [7, 11) is -3.93. The van der Waals surface area contributed by atoms with Crippen LogP contribution in [0.2, 0.25) is 5.15 Å². The fraction of sp³-hybridized carbons (Fsp3) is 0.300. The lowest BCUT2D eigenvalue weighted by atomic mass is 9.91. The average molecular weight is 419 g/mol. The molecule has 0 saturated heterocycles. The number of aryl methyl sites for hydroxylation is 1. The number of para-hydroxylation sites is 1. The minimum absolute atomic E-state index is 0.00971. The van der Waals surface area contributed by atoms with Gasteiger partial charge in [-0.1, -0.05) is 50.6 Å². The maximum absolute atomic E-state index is 13.0. The van der Waals surface area contributed by atoms with Crippen molar-refractivity contribution in [3.05, 3.63) is 65.1 Å². The van der Waals surface area contributed by atoms with Crippen LogP contribution in [0.25, 0.3) is 5.69 Å². The number of aromatic nitrogens is 3. The summed E-state index contributed by atoms with van der Waals surface area (Å²) < 4.78 is 30.2. The van der Waals surface area contributed by atoms with Gasteiger partial charge in [0.25, 0.3) is 10.0 Å². The molecule has 0 unspecified atom stereocenters. The van der Waals surface area contributed by atoms with E-state index in [-0.39, 0.29) is 15.5 Å². The first-order chi connectivity index (χ1) is 13.0. The van der Waals surface area contributed by atoms with E-state index in [2.05, 4.69) is 35.6 Å². The van der Waals surface area contributed by atoms with E-state index in [9.17, 15) is 8.42 Å². The van der Waals surface area contributed by atoms with Gasteiger partial charge in [0.15, 0.2) is 0 Å². The molecule has 0 aliphatic carbocycles. The van der Waals surface area contributed by atoms with E-state index in [1.807, 2.05) is 30.3 Å². The summed E-state index contributed by atoms with van der Waals surface area (Å²) in [6.07, 6.45) is 2.23. The van der Waals surface area contributed by atoms with Gasteiger partial charge >= 0.3 is 0 Å². The van der Waals surface area contributed by atoms with E-state index < -0.39 is 10.0 Å². The van der Waals surface area contributed by atoms with E-state index in [4.69, 9.17) is 11.6 Å². The Bertz CT molecular complexity index is 1090. The van der Waals surface area contributed by atoms with Gasteiger partial charge in [-0.25, -0.2) is 18.1 Å². The highest BCUT2D eigenvalue weighted by atomic mass is 35.5. The van der Waals surface area contributed by atoms with Crippen LogP contribution < -0.4 is 4.72 Å². The summed E-state index contributed by atoms with van der Waals surface area (Å²) in [5.74, 6) is 0.350. The van der Waals surface area contributed by atoms with E-state index in [1.54, 1.807) is 17.7 Å². The minimum Gasteiger partial charge on any atom is -0.263 e. The molecule has 0 radical (unpaired) electrons. The summed E-state index contributed by atoms with van der Waals surface area (Å²) in [5.41, 5.74) is 2.27. The van der Waals surface area contributed by atoms with Crippen molar-refractivity contribution in [3.8, 4) is 5.69 Å². The molecule has 3 rings (SSSR count). The number of halogens is 1. The van der Waals surface area contributed by atoms with Crippen LogP contribution >= 0.6 is 11.6 Å². The molecule has 3 aromatic rings. The minimum atomic E-state index is -3.93. The van der Waals surface area contributed by atoms with E-state index in [0.717, 1.165) is 11.4 Å². The molecule has 0 saturated carbocycles. The van der Waals surface area contributed by atoms with Gasteiger partial charge in [-0.2, -0.15) is 5.10 Å². The quantitative estimate of drug-likeness (QED) is 0.613. The lowest BCUT2D eigenvalue weighted by Crippen LogP contribution is -2.17. The van der Waals surface area contributed by atoms with Crippen LogP contribution in [0.1, 0.15) is 32.0 Å². The Kier molecular flexibility index (Phi) is 5.50. The maximum atomic E-state index is 13.0. The number of sulfonamides is 1. The van der Waals surface area contributed by atoms with Crippen LogP contribution in [0.15, 0.2) is 53.6 Å². The number of pyridine rings is 1. The van der Waals surface area contributed by atoms with Gasteiger partial charge in [0.2, 0.25) is 0 Å². The van der Waals surface area contributed by atoms with Gasteiger partial charge in [-0.3, -0.25) is 4.72 Å². The van der Waals surface area contributed by atoms with E-state index in [0.29, 0.717) is 17.8 Å². The summed E-state index contributed by atoms with van der Waals surface area (Å²) >= 11 is 6.04. The van der Waals surface area contributed by atoms with Crippen LogP contribution in [0.3, 0.4) is 0 Å². The van der Waals surface area contributed by atoms with Crippen molar-refractivity contribution in [3.63, 3.8) is 0 Å². The molecule has 0 aliphatic rings. The van der Waals surface area contributed by atoms with Crippen LogP contribution in [0, 0.1) is 12.3 Å². The lowest BCUT2D eigenvalue weighted by molar-refractivity contribution is 0.405. The highest BCUT2D eigenvalue weighted by Crippen LogP contribution is 2.27. The van der Waals surface area contributed by atoms with Gasteiger partial charge in [-0.05, 0) is 42.5 Å². The zero-order valence-electron chi connectivity index (χ0n) is 16.3. The molecular weight excluding hydrogens is 396 g/mol. The highest BCUT2D eigenvalue weighted by molar-refractivity contribution is 7.92. The highest BCUT2D eigenvalue weighted by Gasteiger charge is 2.23. The predicted octanol–water partition coefficient (Wildman–Crippen LogP) is 4.62. The summed E-state index contributed by atoms with van der Waals surface area (Å²) in [6, 6.07) is 12.6. The number of nitrogens with zero attached hydrogens (tertiary/aromatic N) is 3. The molecule has 0 amide bonds. The first-order valence-electron chi connectivity index (χ1n) is 8.84. The molecule has 28 heavy (non-hydrogen) atoms. The number of hydrogen-bond acceptors (Lipinski definition) is 4. The Morgan fingerprint density at radius 1 is 1.14 bits per heavy atom. The van der Waals surface area contributed by atoms with Crippen molar-refractivity contribution in [2.24, 2.45) is 5.41 Å². The molecule has 0 bridgehead atoms. The van der Waals surface area contributed by atoms with Crippen molar-refractivity contribution >= 4 is 27.4 Å². The van der Waals surface area contributed by atoms with Gasteiger partial charge in [0.05, 0.1) is 11.4 Å². The van der Waals surface area contributed by atoms with Crippen LogP contribution in [-0.2, 0) is 16.4 Å². The number of benzene rings is 1. The van der Waals surface area contributed by atoms with Crippen molar-refractivity contribution in [2.45, 2.75) is 39.0 Å². The third-order valence-electron chi connectivity index (χ3n) is 3.94. The standard InChI is InChI=1S/C20H23ClN4O2S/c1-14-10-17(19(21)22-13-14)28(26,27)24-18-11-15(12-20(2,3)4)23-25(18)16-8-6-5-7-9-16/h5-11,13,24H,12H2,1-4H3. The molecular formula is C20H23ClN4O2S. The zero-order valence-corrected chi connectivity index (χ0v) is 17.8. The van der Waals surface area contributed by atoms with Crippen LogP contribution in [0.4, 0.5) is 5.82 Å². The third-order valence-corrected chi connectivity index (χ3v) is 5.73. The number of rotatable bonds is 5. The number of hydrogen-bond donors (Lipinski definition) is 1. The second-order valence-electron chi connectivity index (χ2n) is 7.91. The Hall–Kier alpha value is -2.38. The topological polar surface area (TPSA) is 76.9 Å². The summed E-state index contributed by atoms with van der Waals surface area (Å²) in [5, 5.41) is 4.55. The van der Waals surface area contributed by atoms with E-state index >= 15 is 0 Å². The molecule has 0 fully saturated rings. The van der Waals surface area contributed by atoms with E-state index in [1.165, 1.54) is 12.3 Å². The SMILES string of the molecule is Cc1cnc(Cl)c(S(=O)(=O)Nc2cc(CC(C)(C)C)nn2-c2ccccc2)c1. The number of anilines is 1. The average Bonchev–Trinajstić information content (AvgIpc) is 2.97. The van der Waals surface area contributed by atoms with Gasteiger partial charge in [-0.15, -0.1) is 0 Å². The van der Waals surface area contributed by atoms with Crippen LogP contribution in [-0.4, -0.2) is 23.2 Å². The molecule has 6 nitrogen and oxygen atoms in total. The third kappa shape index (κ3) is 4.72. The van der Waals surface area contributed by atoms with Crippen LogP contribution in [0.5, 0.6) is 0 Å². The number of nitrogens with one attached hydrogen (secondary N) is 1. The van der Waals surface area contributed by atoms with Gasteiger partial charge < -0.3 is 0 Å². The first kappa shape index (κ1) is 20.4. The molecule has 0 atom stereocenters. The molecule has 8 heteroatoms. The van der Waals surface area contributed by atoms with Crippen molar-refractivity contribution in [2.75, 3.05) is 4.72 Å². The molecule has 1 N–H and O–H groups in total. The predicted molar refractivity (Wildman–Crippen MR) is 112 cm³/mol. The van der Waals surface area contributed by atoms with Crippen molar-refractivity contribution in [1.29, 1.82) is 0 Å². The Labute approximate surface area is 170 Å². The second kappa shape index (κ2) is 7.56.